The van der Waals surface area contributed by atoms with Crippen LogP contribution in [0.5, 0.6) is 0 Å². The molecule has 2 rings (SSSR count). The van der Waals surface area contributed by atoms with Gasteiger partial charge in [-0.15, -0.1) is 0 Å². The van der Waals surface area contributed by atoms with Gasteiger partial charge in [0.15, 0.2) is 0 Å². The van der Waals surface area contributed by atoms with Crippen molar-refractivity contribution in [2.45, 2.75) is 52.8 Å². The van der Waals surface area contributed by atoms with E-state index in [4.69, 9.17) is 11.6 Å². The lowest BCUT2D eigenvalue weighted by Gasteiger charge is -2.19. The second-order valence-corrected chi connectivity index (χ2v) is 15.2. The molecule has 0 heterocycles. The first kappa shape index (κ1) is 18.5. The number of hydrogen-bond donors (Lipinski definition) is 0. The summed E-state index contributed by atoms with van der Waals surface area (Å²) >= 11 is 6.75. The fourth-order valence-electron chi connectivity index (χ4n) is 2.95. The van der Waals surface area contributed by atoms with Crippen LogP contribution in [-0.2, 0) is 0 Å². The normalized spacial score (nSPS) is 13.7. The lowest BCUT2D eigenvalue weighted by Crippen LogP contribution is -2.41. The van der Waals surface area contributed by atoms with Crippen LogP contribution in [0.4, 0.5) is 0 Å². The van der Waals surface area contributed by atoms with Crippen LogP contribution >= 0.6 is 11.6 Å². The summed E-state index contributed by atoms with van der Waals surface area (Å²) in [6, 6.07) is 13.8. The van der Waals surface area contributed by atoms with Gasteiger partial charge in [-0.25, -0.2) is 0 Å². The molecule has 0 aliphatic carbocycles. The zero-order valence-electron chi connectivity index (χ0n) is 15.3. The van der Waals surface area contributed by atoms with E-state index >= 15 is 0 Å². The van der Waals surface area contributed by atoms with Gasteiger partial charge in [0.05, 0.1) is 17.6 Å². The largest absolute Gasteiger partial charge is 0.0894 e. The lowest BCUT2D eigenvalue weighted by atomic mass is 9.99. The molecule has 124 valence electrons. The predicted octanol–water partition coefficient (Wildman–Crippen LogP) is 3.83. The minimum absolute atomic E-state index is 0.534. The van der Waals surface area contributed by atoms with Crippen LogP contribution in [0, 0.1) is 6.92 Å². The number of halogens is 1. The first-order valence-corrected chi connectivity index (χ1v) is 13.9. The van der Waals surface area contributed by atoms with Crippen molar-refractivity contribution >= 4 is 44.8 Å². The molecule has 0 saturated carbocycles. The molecule has 1 atom stereocenters. The quantitative estimate of drug-likeness (QED) is 0.711. The molecular weight excluding hydrogens is 332 g/mol. The Labute approximate surface area is 150 Å². The molecule has 0 amide bonds. The zero-order valence-corrected chi connectivity index (χ0v) is 18.5. The summed E-state index contributed by atoms with van der Waals surface area (Å²) in [7, 11) is -1.81. The number of rotatable bonds is 5. The molecule has 23 heavy (non-hydrogen) atoms. The molecule has 2 aromatic carbocycles. The summed E-state index contributed by atoms with van der Waals surface area (Å²) in [6.45, 7) is 14.0. The van der Waals surface area contributed by atoms with Gasteiger partial charge < -0.3 is 0 Å². The minimum atomic E-state index is -1.27. The van der Waals surface area contributed by atoms with E-state index in [1.807, 2.05) is 0 Å². The summed E-state index contributed by atoms with van der Waals surface area (Å²) in [6.07, 6.45) is 1.13. The van der Waals surface area contributed by atoms with Crippen molar-refractivity contribution in [3.63, 3.8) is 0 Å². The first-order valence-electron chi connectivity index (χ1n) is 8.60. The summed E-state index contributed by atoms with van der Waals surface area (Å²) in [4.78, 5) is 0. The van der Waals surface area contributed by atoms with Gasteiger partial charge in [-0.05, 0) is 30.0 Å². The van der Waals surface area contributed by atoms with Crippen LogP contribution in [0.1, 0.15) is 37.3 Å². The topological polar surface area (TPSA) is 0 Å². The molecule has 0 aromatic heterocycles. The van der Waals surface area contributed by atoms with Crippen LogP contribution in [0.2, 0.25) is 24.7 Å². The van der Waals surface area contributed by atoms with Crippen LogP contribution < -0.4 is 15.6 Å². The molecule has 0 radical (unpaired) electrons. The van der Waals surface area contributed by atoms with Crippen molar-refractivity contribution in [2.24, 2.45) is 0 Å². The standard InChI is InChI=1S/C20H29ClSi2/c1-7-15(3)18-9-8-10-19(20(18)21)22-16-11-14(2)12-17(13-16)23(4,5)6/h8-13,15H,7,22H2,1-6H3. The Kier molecular flexibility index (Phi) is 5.93. The molecular formula is C20H29ClSi2. The van der Waals surface area contributed by atoms with Gasteiger partial charge in [0.2, 0.25) is 0 Å². The van der Waals surface area contributed by atoms with E-state index in [-0.39, 0.29) is 0 Å². The molecule has 0 spiro atoms. The van der Waals surface area contributed by atoms with E-state index in [0.717, 1.165) is 11.4 Å². The van der Waals surface area contributed by atoms with Crippen molar-refractivity contribution in [2.75, 3.05) is 0 Å². The summed E-state index contributed by atoms with van der Waals surface area (Å²) in [5, 5.41) is 5.49. The SMILES string of the molecule is CCC(C)c1cccc([SiH2]c2cc(C)cc([Si](C)(C)C)c2)c1Cl. The predicted molar refractivity (Wildman–Crippen MR) is 112 cm³/mol. The van der Waals surface area contributed by atoms with Crippen molar-refractivity contribution < 1.29 is 0 Å². The second-order valence-electron chi connectivity index (χ2n) is 7.76. The Morgan fingerprint density at radius 2 is 1.83 bits per heavy atom. The van der Waals surface area contributed by atoms with Gasteiger partial charge in [-0.2, -0.15) is 0 Å². The second kappa shape index (κ2) is 7.37. The van der Waals surface area contributed by atoms with E-state index in [1.165, 1.54) is 21.5 Å². The Balaban J connectivity index is 2.38. The highest BCUT2D eigenvalue weighted by molar-refractivity contribution is 6.89. The van der Waals surface area contributed by atoms with Crippen molar-refractivity contribution in [1.29, 1.82) is 0 Å². The molecule has 0 nitrogen and oxygen atoms in total. The molecule has 1 unspecified atom stereocenters. The average molecular weight is 361 g/mol. The van der Waals surface area contributed by atoms with Crippen LogP contribution in [-0.4, -0.2) is 17.6 Å². The highest BCUT2D eigenvalue weighted by Gasteiger charge is 2.18. The molecule has 2 aromatic rings. The third kappa shape index (κ3) is 4.59. The zero-order chi connectivity index (χ0) is 17.2. The van der Waals surface area contributed by atoms with Crippen LogP contribution in [0.3, 0.4) is 0 Å². The van der Waals surface area contributed by atoms with Gasteiger partial charge in [-0.3, -0.25) is 0 Å². The molecule has 0 aliphatic rings. The molecule has 0 N–H and O–H groups in total. The summed E-state index contributed by atoms with van der Waals surface area (Å²) in [5.41, 5.74) is 2.71. The first-order chi connectivity index (χ1) is 10.7. The molecule has 0 fully saturated rings. The Bertz CT molecular complexity index is 687. The van der Waals surface area contributed by atoms with Gasteiger partial charge >= 0.3 is 0 Å². The Morgan fingerprint density at radius 3 is 2.43 bits per heavy atom. The van der Waals surface area contributed by atoms with E-state index in [2.05, 4.69) is 76.8 Å². The minimum Gasteiger partial charge on any atom is -0.0842 e. The maximum absolute atomic E-state index is 6.75. The molecule has 0 bridgehead atoms. The van der Waals surface area contributed by atoms with Crippen molar-refractivity contribution in [1.82, 2.24) is 0 Å². The lowest BCUT2D eigenvalue weighted by molar-refractivity contribution is 0.734. The number of aryl methyl sites for hydroxylation is 1. The summed E-state index contributed by atoms with van der Waals surface area (Å²) < 4.78 is 0. The average Bonchev–Trinajstić information content (AvgIpc) is 2.47. The monoisotopic (exact) mass is 360 g/mol. The molecule has 0 saturated heterocycles. The highest BCUT2D eigenvalue weighted by atomic mass is 35.5. The van der Waals surface area contributed by atoms with E-state index in [0.29, 0.717) is 5.92 Å². The maximum atomic E-state index is 6.75. The van der Waals surface area contributed by atoms with Gasteiger partial charge in [-0.1, -0.05) is 97.4 Å². The Morgan fingerprint density at radius 1 is 1.13 bits per heavy atom. The molecule has 3 heteroatoms. The third-order valence-corrected chi connectivity index (χ3v) is 9.14. The van der Waals surface area contributed by atoms with E-state index in [9.17, 15) is 0 Å². The van der Waals surface area contributed by atoms with Crippen molar-refractivity contribution in [3.8, 4) is 0 Å². The van der Waals surface area contributed by atoms with Gasteiger partial charge in [0.25, 0.3) is 0 Å². The van der Waals surface area contributed by atoms with Crippen LogP contribution in [0.15, 0.2) is 36.4 Å². The van der Waals surface area contributed by atoms with E-state index < -0.39 is 17.6 Å². The smallest absolute Gasteiger partial charge is 0.0842 e. The highest BCUT2D eigenvalue weighted by Crippen LogP contribution is 2.24. The van der Waals surface area contributed by atoms with E-state index in [1.54, 1.807) is 5.19 Å². The fraction of sp³-hybridized carbons (Fsp3) is 0.400. The summed E-state index contributed by atoms with van der Waals surface area (Å²) in [5.74, 6) is 0.534. The third-order valence-electron chi connectivity index (χ3n) is 4.65. The maximum Gasteiger partial charge on any atom is 0.0894 e. The van der Waals surface area contributed by atoms with Crippen molar-refractivity contribution in [3.05, 3.63) is 52.5 Å². The Hall–Kier alpha value is -0.836. The number of benzene rings is 2. The van der Waals surface area contributed by atoms with Crippen LogP contribution in [0.25, 0.3) is 0 Å². The van der Waals surface area contributed by atoms with Gasteiger partial charge in [0.1, 0.15) is 0 Å². The molecule has 0 aliphatic heterocycles. The fourth-order valence-corrected chi connectivity index (χ4v) is 6.75. The number of hydrogen-bond acceptors (Lipinski definition) is 0. The van der Waals surface area contributed by atoms with Gasteiger partial charge in [0, 0.05) is 5.02 Å².